The zero-order valence-electron chi connectivity index (χ0n) is 11.6. The molecule has 2 atom stereocenters. The third-order valence-corrected chi connectivity index (χ3v) is 3.96. The van der Waals surface area contributed by atoms with Gasteiger partial charge < -0.3 is 15.2 Å². The molecule has 0 saturated carbocycles. The first-order chi connectivity index (χ1) is 9.92. The predicted octanol–water partition coefficient (Wildman–Crippen LogP) is 2.15. The lowest BCUT2D eigenvalue weighted by atomic mass is 9.97. The van der Waals surface area contributed by atoms with E-state index in [1.165, 1.54) is 24.3 Å². The van der Waals surface area contributed by atoms with Crippen LogP contribution in [0.5, 0.6) is 0 Å². The molecule has 0 spiro atoms. The summed E-state index contributed by atoms with van der Waals surface area (Å²) >= 11 is 5.86. The van der Waals surface area contributed by atoms with Gasteiger partial charge in [0.1, 0.15) is 11.4 Å². The fourth-order valence-electron chi connectivity index (χ4n) is 2.13. The highest BCUT2D eigenvalue weighted by molar-refractivity contribution is 6.32. The van der Waals surface area contributed by atoms with Gasteiger partial charge >= 0.3 is 0 Å². The van der Waals surface area contributed by atoms with E-state index in [2.05, 4.69) is 5.32 Å². The third kappa shape index (κ3) is 3.81. The molecule has 1 amide bonds. The van der Waals surface area contributed by atoms with Gasteiger partial charge in [-0.25, -0.2) is 4.39 Å². The minimum atomic E-state index is -1.06. The number of hydrogen-bond acceptors (Lipinski definition) is 3. The van der Waals surface area contributed by atoms with Crippen molar-refractivity contribution in [1.82, 2.24) is 5.32 Å². The largest absolute Gasteiger partial charge is 0.385 e. The molecule has 2 N–H and O–H groups in total. The summed E-state index contributed by atoms with van der Waals surface area (Å²) in [5.74, 6) is -0.926. The lowest BCUT2D eigenvalue weighted by Gasteiger charge is -2.25. The van der Waals surface area contributed by atoms with E-state index in [9.17, 15) is 14.3 Å². The lowest BCUT2D eigenvalue weighted by Crippen LogP contribution is -2.47. The van der Waals surface area contributed by atoms with Crippen molar-refractivity contribution in [2.45, 2.75) is 25.0 Å². The van der Waals surface area contributed by atoms with Gasteiger partial charge in [-0.2, -0.15) is 0 Å². The SMILES string of the molecule is CC1OCCC1(O)CNC(=O)/C=C/c1c(F)cccc1Cl. The lowest BCUT2D eigenvalue weighted by molar-refractivity contribution is -0.118. The van der Waals surface area contributed by atoms with E-state index in [0.29, 0.717) is 13.0 Å². The molecule has 2 rings (SSSR count). The summed E-state index contributed by atoms with van der Waals surface area (Å²) in [5, 5.41) is 13.1. The molecule has 0 aliphatic carbocycles. The fraction of sp³-hybridized carbons (Fsp3) is 0.400. The Hall–Kier alpha value is -1.43. The molecular formula is C15H17ClFNO3. The van der Waals surface area contributed by atoms with Gasteiger partial charge in [-0.15, -0.1) is 0 Å². The summed E-state index contributed by atoms with van der Waals surface area (Å²) < 4.78 is 18.8. The number of aliphatic hydroxyl groups is 1. The van der Waals surface area contributed by atoms with Crippen LogP contribution < -0.4 is 5.32 Å². The first-order valence-corrected chi connectivity index (χ1v) is 7.04. The Bertz CT molecular complexity index is 544. The Morgan fingerprint density at radius 1 is 1.67 bits per heavy atom. The van der Waals surface area contributed by atoms with E-state index in [-0.39, 0.29) is 23.2 Å². The van der Waals surface area contributed by atoms with Crippen LogP contribution in [0, 0.1) is 5.82 Å². The molecule has 1 saturated heterocycles. The van der Waals surface area contributed by atoms with E-state index in [1.807, 2.05) is 0 Å². The van der Waals surface area contributed by atoms with Crippen molar-refractivity contribution in [3.63, 3.8) is 0 Å². The first kappa shape index (κ1) is 15.9. The van der Waals surface area contributed by atoms with Gasteiger partial charge in [0, 0.05) is 31.2 Å². The van der Waals surface area contributed by atoms with Crippen molar-refractivity contribution in [3.05, 3.63) is 40.7 Å². The zero-order valence-corrected chi connectivity index (χ0v) is 12.4. The molecule has 6 heteroatoms. The van der Waals surface area contributed by atoms with Gasteiger partial charge in [-0.3, -0.25) is 4.79 Å². The molecule has 114 valence electrons. The summed E-state index contributed by atoms with van der Waals surface area (Å²) in [6.45, 7) is 2.31. The van der Waals surface area contributed by atoms with E-state index in [0.717, 1.165) is 0 Å². The maximum atomic E-state index is 13.5. The monoisotopic (exact) mass is 313 g/mol. The average Bonchev–Trinajstić information content (AvgIpc) is 2.76. The first-order valence-electron chi connectivity index (χ1n) is 6.66. The van der Waals surface area contributed by atoms with Crippen LogP contribution in [-0.2, 0) is 9.53 Å². The Morgan fingerprint density at radius 3 is 3.05 bits per heavy atom. The second-order valence-corrected chi connectivity index (χ2v) is 5.46. The molecule has 1 aliphatic rings. The second-order valence-electron chi connectivity index (χ2n) is 5.05. The highest BCUT2D eigenvalue weighted by atomic mass is 35.5. The number of carbonyl (C=O) groups is 1. The molecule has 2 unspecified atom stereocenters. The Balaban J connectivity index is 1.94. The minimum Gasteiger partial charge on any atom is -0.385 e. The van der Waals surface area contributed by atoms with Gasteiger partial charge in [-0.05, 0) is 25.1 Å². The number of carbonyl (C=O) groups excluding carboxylic acids is 1. The molecule has 1 heterocycles. The second kappa shape index (κ2) is 6.56. The van der Waals surface area contributed by atoms with Crippen molar-refractivity contribution in [2.24, 2.45) is 0 Å². The number of benzene rings is 1. The van der Waals surface area contributed by atoms with Gasteiger partial charge in [0.25, 0.3) is 0 Å². The van der Waals surface area contributed by atoms with Gasteiger partial charge in [-0.1, -0.05) is 17.7 Å². The van der Waals surface area contributed by atoms with E-state index < -0.39 is 17.3 Å². The Labute approximate surface area is 127 Å². The maximum absolute atomic E-state index is 13.5. The van der Waals surface area contributed by atoms with Gasteiger partial charge in [0.05, 0.1) is 11.1 Å². The molecule has 0 aromatic heterocycles. The van der Waals surface area contributed by atoms with Crippen LogP contribution in [-0.4, -0.2) is 35.9 Å². The number of amides is 1. The molecule has 21 heavy (non-hydrogen) atoms. The molecule has 1 aromatic carbocycles. The quantitative estimate of drug-likeness (QED) is 0.837. The van der Waals surface area contributed by atoms with Crippen LogP contribution in [0.15, 0.2) is 24.3 Å². The van der Waals surface area contributed by atoms with Crippen molar-refractivity contribution in [3.8, 4) is 0 Å². The topological polar surface area (TPSA) is 58.6 Å². The predicted molar refractivity (Wildman–Crippen MR) is 78.4 cm³/mol. The van der Waals surface area contributed by atoms with Crippen LogP contribution in [0.25, 0.3) is 6.08 Å². The molecule has 4 nitrogen and oxygen atoms in total. The summed E-state index contributed by atoms with van der Waals surface area (Å²) in [6, 6.07) is 4.30. The van der Waals surface area contributed by atoms with Gasteiger partial charge in [0.15, 0.2) is 0 Å². The Kier molecular flexibility index (Phi) is 4.98. The molecule has 0 bridgehead atoms. The third-order valence-electron chi connectivity index (χ3n) is 3.63. The Morgan fingerprint density at radius 2 is 2.43 bits per heavy atom. The van der Waals surface area contributed by atoms with Crippen molar-refractivity contribution in [1.29, 1.82) is 0 Å². The highest BCUT2D eigenvalue weighted by Crippen LogP contribution is 2.24. The van der Waals surface area contributed by atoms with Crippen LogP contribution in [0.2, 0.25) is 5.02 Å². The zero-order chi connectivity index (χ0) is 15.5. The molecule has 1 aliphatic heterocycles. The van der Waals surface area contributed by atoms with Gasteiger partial charge in [0.2, 0.25) is 5.91 Å². The molecular weight excluding hydrogens is 297 g/mol. The smallest absolute Gasteiger partial charge is 0.244 e. The highest BCUT2D eigenvalue weighted by Gasteiger charge is 2.39. The van der Waals surface area contributed by atoms with Crippen molar-refractivity contribution >= 4 is 23.6 Å². The van der Waals surface area contributed by atoms with Crippen LogP contribution in [0.3, 0.4) is 0 Å². The van der Waals surface area contributed by atoms with E-state index >= 15 is 0 Å². The normalized spacial score (nSPS) is 25.4. The number of nitrogens with one attached hydrogen (secondary N) is 1. The van der Waals surface area contributed by atoms with E-state index in [4.69, 9.17) is 16.3 Å². The number of halogens is 2. The van der Waals surface area contributed by atoms with E-state index in [1.54, 1.807) is 13.0 Å². The summed E-state index contributed by atoms with van der Waals surface area (Å²) in [6.07, 6.45) is 2.64. The number of ether oxygens (including phenoxy) is 1. The molecule has 0 radical (unpaired) electrons. The summed E-state index contributed by atoms with van der Waals surface area (Å²) in [5.41, 5.74) is -0.898. The molecule has 1 aromatic rings. The summed E-state index contributed by atoms with van der Waals surface area (Å²) in [4.78, 5) is 11.7. The van der Waals surface area contributed by atoms with Crippen molar-refractivity contribution < 1.29 is 19.0 Å². The van der Waals surface area contributed by atoms with Crippen LogP contribution >= 0.6 is 11.6 Å². The van der Waals surface area contributed by atoms with Crippen LogP contribution in [0.4, 0.5) is 4.39 Å². The standard InChI is InChI=1S/C15H17ClFNO3/c1-10-15(20,7-8-21-10)9-18-14(19)6-5-11-12(16)3-2-4-13(11)17/h2-6,10,20H,7-9H2,1H3,(H,18,19)/b6-5+. The summed E-state index contributed by atoms with van der Waals surface area (Å²) in [7, 11) is 0. The minimum absolute atomic E-state index is 0.0857. The maximum Gasteiger partial charge on any atom is 0.244 e. The fourth-order valence-corrected chi connectivity index (χ4v) is 2.36. The average molecular weight is 314 g/mol. The number of rotatable bonds is 4. The van der Waals surface area contributed by atoms with Crippen LogP contribution in [0.1, 0.15) is 18.9 Å². The van der Waals surface area contributed by atoms with Crippen molar-refractivity contribution in [2.75, 3.05) is 13.2 Å². The molecule has 1 fully saturated rings. The number of hydrogen-bond donors (Lipinski definition) is 2.